The van der Waals surface area contributed by atoms with Gasteiger partial charge >= 0.3 is 5.97 Å². The molecule has 0 amide bonds. The molecular weight excluding hydrogens is 276 g/mol. The summed E-state index contributed by atoms with van der Waals surface area (Å²) in [5.41, 5.74) is 0.126. The number of halogens is 2. The molecule has 5 heteroatoms. The minimum atomic E-state index is -0.765. The van der Waals surface area contributed by atoms with Crippen molar-refractivity contribution in [3.8, 4) is 0 Å². The van der Waals surface area contributed by atoms with Crippen LogP contribution in [0.25, 0.3) is 0 Å². The number of carboxylic acid groups (broad SMARTS) is 1. The highest BCUT2D eigenvalue weighted by atomic mass is 19.1. The third-order valence-corrected chi connectivity index (χ3v) is 4.38. The monoisotopic (exact) mass is 297 g/mol. The zero-order valence-corrected chi connectivity index (χ0v) is 12.2. The molecule has 1 aliphatic heterocycles. The Morgan fingerprint density at radius 1 is 1.33 bits per heavy atom. The molecule has 1 aromatic rings. The van der Waals surface area contributed by atoms with Crippen molar-refractivity contribution in [1.82, 2.24) is 4.90 Å². The summed E-state index contributed by atoms with van der Waals surface area (Å²) in [6.07, 6.45) is 2.65. The maximum atomic E-state index is 13.8. The van der Waals surface area contributed by atoms with Crippen LogP contribution in [0, 0.1) is 17.6 Å². The second-order valence-corrected chi connectivity index (χ2v) is 5.72. The topological polar surface area (TPSA) is 40.5 Å². The van der Waals surface area contributed by atoms with Crippen molar-refractivity contribution in [3.05, 3.63) is 35.4 Å². The summed E-state index contributed by atoms with van der Waals surface area (Å²) in [5, 5.41) is 8.70. The Kier molecular flexibility index (Phi) is 5.28. The smallest absolute Gasteiger partial charge is 0.303 e. The third kappa shape index (κ3) is 4.00. The molecule has 0 aromatic heterocycles. The molecule has 1 aromatic carbocycles. The van der Waals surface area contributed by atoms with E-state index in [2.05, 4.69) is 4.90 Å². The van der Waals surface area contributed by atoms with Crippen LogP contribution in [0.2, 0.25) is 0 Å². The van der Waals surface area contributed by atoms with Gasteiger partial charge in [0, 0.05) is 18.0 Å². The Balaban J connectivity index is 1.94. The van der Waals surface area contributed by atoms with Gasteiger partial charge in [-0.2, -0.15) is 0 Å². The zero-order chi connectivity index (χ0) is 15.4. The van der Waals surface area contributed by atoms with E-state index < -0.39 is 17.6 Å². The molecule has 1 N–H and O–H groups in total. The van der Waals surface area contributed by atoms with Crippen LogP contribution in [0.15, 0.2) is 18.2 Å². The maximum absolute atomic E-state index is 13.8. The van der Waals surface area contributed by atoms with Crippen molar-refractivity contribution in [1.29, 1.82) is 0 Å². The molecule has 1 unspecified atom stereocenters. The number of benzene rings is 1. The van der Waals surface area contributed by atoms with E-state index in [-0.39, 0.29) is 18.0 Å². The van der Waals surface area contributed by atoms with E-state index in [1.165, 1.54) is 18.2 Å². The zero-order valence-electron chi connectivity index (χ0n) is 12.2. The van der Waals surface area contributed by atoms with Gasteiger partial charge in [-0.15, -0.1) is 0 Å². The molecule has 2 rings (SSSR count). The largest absolute Gasteiger partial charge is 0.481 e. The first-order valence-corrected chi connectivity index (χ1v) is 7.38. The first-order valence-electron chi connectivity index (χ1n) is 7.38. The van der Waals surface area contributed by atoms with Crippen LogP contribution in [0.3, 0.4) is 0 Å². The van der Waals surface area contributed by atoms with Crippen LogP contribution in [-0.4, -0.2) is 29.1 Å². The molecule has 0 aliphatic carbocycles. The summed E-state index contributed by atoms with van der Waals surface area (Å²) in [6, 6.07) is 3.65. The lowest BCUT2D eigenvalue weighted by atomic mass is 9.90. The van der Waals surface area contributed by atoms with E-state index in [4.69, 9.17) is 5.11 Å². The van der Waals surface area contributed by atoms with Crippen molar-refractivity contribution in [3.63, 3.8) is 0 Å². The Bertz CT molecular complexity index is 479. The lowest BCUT2D eigenvalue weighted by molar-refractivity contribution is -0.137. The minimum Gasteiger partial charge on any atom is -0.481 e. The van der Waals surface area contributed by atoms with E-state index >= 15 is 0 Å². The third-order valence-electron chi connectivity index (χ3n) is 4.38. The molecule has 0 saturated carbocycles. The Morgan fingerprint density at radius 3 is 2.43 bits per heavy atom. The van der Waals surface area contributed by atoms with E-state index in [1.54, 1.807) is 0 Å². The average molecular weight is 297 g/mol. The SMILES string of the molecule is CC(c1c(F)cccc1F)N1CCC(CCC(=O)O)CC1. The summed E-state index contributed by atoms with van der Waals surface area (Å²) in [5.74, 6) is -1.37. The lowest BCUT2D eigenvalue weighted by Crippen LogP contribution is -2.36. The summed E-state index contributed by atoms with van der Waals surface area (Å²) in [6.45, 7) is 3.32. The normalized spacial score (nSPS) is 18.6. The van der Waals surface area contributed by atoms with Gasteiger partial charge in [0.2, 0.25) is 0 Å². The molecule has 1 heterocycles. The van der Waals surface area contributed by atoms with Crippen molar-refractivity contribution in [2.75, 3.05) is 13.1 Å². The molecule has 0 bridgehead atoms. The highest BCUT2D eigenvalue weighted by Gasteiger charge is 2.26. The van der Waals surface area contributed by atoms with Gasteiger partial charge in [0.05, 0.1) is 0 Å². The highest BCUT2D eigenvalue weighted by Crippen LogP contribution is 2.30. The fourth-order valence-electron chi connectivity index (χ4n) is 3.05. The van der Waals surface area contributed by atoms with Gasteiger partial charge in [0.1, 0.15) is 11.6 Å². The summed E-state index contributed by atoms with van der Waals surface area (Å²) < 4.78 is 27.6. The molecule has 116 valence electrons. The number of aliphatic carboxylic acids is 1. The Hall–Kier alpha value is -1.49. The van der Waals surface area contributed by atoms with Crippen LogP contribution in [0.1, 0.15) is 44.2 Å². The molecule has 3 nitrogen and oxygen atoms in total. The first kappa shape index (κ1) is 15.9. The van der Waals surface area contributed by atoms with Crippen LogP contribution in [0.4, 0.5) is 8.78 Å². The molecule has 21 heavy (non-hydrogen) atoms. The molecule has 1 atom stereocenters. The van der Waals surface area contributed by atoms with Gasteiger partial charge in [-0.3, -0.25) is 9.69 Å². The van der Waals surface area contributed by atoms with Gasteiger partial charge in [-0.05, 0) is 57.3 Å². The van der Waals surface area contributed by atoms with Crippen LogP contribution < -0.4 is 0 Å². The predicted molar refractivity (Wildman–Crippen MR) is 75.9 cm³/mol. The average Bonchev–Trinajstić information content (AvgIpc) is 2.45. The van der Waals surface area contributed by atoms with Gasteiger partial charge in [0.25, 0.3) is 0 Å². The van der Waals surface area contributed by atoms with E-state index in [0.717, 1.165) is 25.9 Å². The number of hydrogen-bond acceptors (Lipinski definition) is 2. The van der Waals surface area contributed by atoms with Crippen LogP contribution >= 0.6 is 0 Å². The van der Waals surface area contributed by atoms with Gasteiger partial charge in [-0.25, -0.2) is 8.78 Å². The molecule has 1 aliphatic rings. The minimum absolute atomic E-state index is 0.126. The lowest BCUT2D eigenvalue weighted by Gasteiger charge is -2.36. The molecule has 1 saturated heterocycles. The van der Waals surface area contributed by atoms with Gasteiger partial charge < -0.3 is 5.11 Å². The second kappa shape index (κ2) is 6.98. The number of piperidine rings is 1. The van der Waals surface area contributed by atoms with Crippen molar-refractivity contribution in [2.45, 2.75) is 38.6 Å². The quantitative estimate of drug-likeness (QED) is 0.902. The standard InChI is InChI=1S/C16H21F2NO2/c1-11(16-13(17)3-2-4-14(16)18)19-9-7-12(8-10-19)5-6-15(20)21/h2-4,11-12H,5-10H2,1H3,(H,20,21). The van der Waals surface area contributed by atoms with Crippen molar-refractivity contribution in [2.24, 2.45) is 5.92 Å². The summed E-state index contributed by atoms with van der Waals surface area (Å²) in [7, 11) is 0. The van der Waals surface area contributed by atoms with Gasteiger partial charge in [-0.1, -0.05) is 6.07 Å². The Labute approximate surface area is 123 Å². The van der Waals surface area contributed by atoms with Gasteiger partial charge in [0.15, 0.2) is 0 Å². The van der Waals surface area contributed by atoms with Crippen molar-refractivity contribution >= 4 is 5.97 Å². The predicted octanol–water partition coefficient (Wildman–Crippen LogP) is 3.60. The molecular formula is C16H21F2NO2. The number of carboxylic acids is 1. The maximum Gasteiger partial charge on any atom is 0.303 e. The second-order valence-electron chi connectivity index (χ2n) is 5.72. The fraction of sp³-hybridized carbons (Fsp3) is 0.562. The van der Waals surface area contributed by atoms with Crippen LogP contribution in [-0.2, 0) is 4.79 Å². The number of carbonyl (C=O) groups is 1. The summed E-state index contributed by atoms with van der Waals surface area (Å²) in [4.78, 5) is 12.6. The molecule has 0 radical (unpaired) electrons. The van der Waals surface area contributed by atoms with E-state index in [1.807, 2.05) is 6.92 Å². The number of rotatable bonds is 5. The summed E-state index contributed by atoms with van der Waals surface area (Å²) >= 11 is 0. The number of likely N-dealkylation sites (tertiary alicyclic amines) is 1. The molecule has 0 spiro atoms. The van der Waals surface area contributed by atoms with E-state index in [0.29, 0.717) is 12.3 Å². The first-order chi connectivity index (χ1) is 9.99. The highest BCUT2D eigenvalue weighted by molar-refractivity contribution is 5.66. The van der Waals surface area contributed by atoms with E-state index in [9.17, 15) is 13.6 Å². The fourth-order valence-corrected chi connectivity index (χ4v) is 3.05. The molecule has 1 fully saturated rings. The van der Waals surface area contributed by atoms with Crippen molar-refractivity contribution < 1.29 is 18.7 Å². The number of nitrogens with zero attached hydrogens (tertiary/aromatic N) is 1. The number of hydrogen-bond donors (Lipinski definition) is 1. The van der Waals surface area contributed by atoms with Crippen LogP contribution in [0.5, 0.6) is 0 Å². The Morgan fingerprint density at radius 2 is 1.90 bits per heavy atom.